The van der Waals surface area contributed by atoms with Gasteiger partial charge in [-0.15, -0.1) is 0 Å². The van der Waals surface area contributed by atoms with Crippen LogP contribution in [0, 0.1) is 6.92 Å². The number of carbonyl (C=O) groups is 1. The summed E-state index contributed by atoms with van der Waals surface area (Å²) in [5.74, 6) is -0.383. The number of carbonyl (C=O) groups excluding carboxylic acids is 1. The van der Waals surface area contributed by atoms with Gasteiger partial charge in [-0.2, -0.15) is 0 Å². The maximum atomic E-state index is 11.8. The molecule has 0 spiro atoms. The Bertz CT molecular complexity index is 541. The lowest BCUT2D eigenvalue weighted by molar-refractivity contribution is 0.102. The number of benzene rings is 1. The van der Waals surface area contributed by atoms with Crippen LogP contribution in [0.4, 0.5) is 5.69 Å². The van der Waals surface area contributed by atoms with Gasteiger partial charge >= 0.3 is 0 Å². The molecule has 2 N–H and O–H groups in total. The summed E-state index contributed by atoms with van der Waals surface area (Å²) in [5, 5.41) is 12.2. The second-order valence-electron chi connectivity index (χ2n) is 3.57. The SMILES string of the molecule is Cc1ccc(O)c(NC(=O)c2cnccn2)c1. The van der Waals surface area contributed by atoms with Gasteiger partial charge in [-0.25, -0.2) is 4.98 Å². The number of nitrogens with one attached hydrogen (secondary N) is 1. The topological polar surface area (TPSA) is 75.1 Å². The first-order valence-corrected chi connectivity index (χ1v) is 5.04. The third-order valence-corrected chi connectivity index (χ3v) is 2.20. The largest absolute Gasteiger partial charge is 0.506 e. The van der Waals surface area contributed by atoms with Crippen LogP contribution in [-0.2, 0) is 0 Å². The lowest BCUT2D eigenvalue weighted by Gasteiger charge is -2.07. The summed E-state index contributed by atoms with van der Waals surface area (Å²) >= 11 is 0. The fraction of sp³-hybridized carbons (Fsp3) is 0.0833. The molecular formula is C12H11N3O2. The molecule has 0 radical (unpaired) electrons. The van der Waals surface area contributed by atoms with Gasteiger partial charge in [0.25, 0.3) is 5.91 Å². The molecule has 5 nitrogen and oxygen atoms in total. The predicted molar refractivity (Wildman–Crippen MR) is 62.8 cm³/mol. The van der Waals surface area contributed by atoms with Crippen molar-refractivity contribution in [1.82, 2.24) is 9.97 Å². The first-order valence-electron chi connectivity index (χ1n) is 5.04. The number of anilines is 1. The number of hydrogen-bond acceptors (Lipinski definition) is 4. The number of aromatic hydroxyl groups is 1. The molecule has 2 aromatic rings. The highest BCUT2D eigenvalue weighted by molar-refractivity contribution is 6.03. The van der Waals surface area contributed by atoms with E-state index in [0.29, 0.717) is 5.69 Å². The quantitative estimate of drug-likeness (QED) is 0.769. The van der Waals surface area contributed by atoms with Crippen LogP contribution in [0.15, 0.2) is 36.8 Å². The van der Waals surface area contributed by atoms with Gasteiger partial charge in [-0.3, -0.25) is 9.78 Å². The summed E-state index contributed by atoms with van der Waals surface area (Å²) < 4.78 is 0. The third kappa shape index (κ3) is 2.57. The lowest BCUT2D eigenvalue weighted by atomic mass is 10.2. The van der Waals surface area contributed by atoms with E-state index in [1.54, 1.807) is 12.1 Å². The van der Waals surface area contributed by atoms with E-state index in [1.807, 2.05) is 6.92 Å². The predicted octanol–water partition coefficient (Wildman–Crippen LogP) is 1.74. The Labute approximate surface area is 98.2 Å². The number of aryl methyl sites for hydroxylation is 1. The van der Waals surface area contributed by atoms with Gasteiger partial charge in [0.1, 0.15) is 11.4 Å². The molecule has 0 aliphatic heterocycles. The zero-order valence-corrected chi connectivity index (χ0v) is 9.21. The van der Waals surface area contributed by atoms with E-state index < -0.39 is 5.91 Å². The molecule has 0 atom stereocenters. The molecule has 0 saturated heterocycles. The molecule has 86 valence electrons. The average Bonchev–Trinajstić information content (AvgIpc) is 2.35. The monoisotopic (exact) mass is 229 g/mol. The minimum atomic E-state index is -0.404. The van der Waals surface area contributed by atoms with Crippen LogP contribution >= 0.6 is 0 Å². The lowest BCUT2D eigenvalue weighted by Crippen LogP contribution is -2.13. The summed E-state index contributed by atoms with van der Waals surface area (Å²) in [6.07, 6.45) is 4.29. The highest BCUT2D eigenvalue weighted by atomic mass is 16.3. The zero-order chi connectivity index (χ0) is 12.3. The highest BCUT2D eigenvalue weighted by Gasteiger charge is 2.09. The Balaban J connectivity index is 2.22. The van der Waals surface area contributed by atoms with Crippen molar-refractivity contribution in [1.29, 1.82) is 0 Å². The van der Waals surface area contributed by atoms with Gasteiger partial charge < -0.3 is 10.4 Å². The van der Waals surface area contributed by atoms with Crippen LogP contribution in [0.3, 0.4) is 0 Å². The van der Waals surface area contributed by atoms with E-state index in [4.69, 9.17) is 0 Å². The number of hydrogen-bond donors (Lipinski definition) is 2. The summed E-state index contributed by atoms with van der Waals surface area (Å²) in [6.45, 7) is 1.87. The van der Waals surface area contributed by atoms with E-state index in [-0.39, 0.29) is 11.4 Å². The molecule has 0 unspecified atom stereocenters. The van der Waals surface area contributed by atoms with Crippen molar-refractivity contribution in [2.45, 2.75) is 6.92 Å². The molecule has 0 aliphatic carbocycles. The van der Waals surface area contributed by atoms with Crippen molar-refractivity contribution in [3.05, 3.63) is 48.0 Å². The van der Waals surface area contributed by atoms with Crippen LogP contribution in [0.1, 0.15) is 16.1 Å². The first kappa shape index (κ1) is 11.1. The number of aromatic nitrogens is 2. The van der Waals surface area contributed by atoms with Crippen molar-refractivity contribution in [3.63, 3.8) is 0 Å². The van der Waals surface area contributed by atoms with Gasteiger partial charge in [-0.05, 0) is 24.6 Å². The molecule has 1 aromatic heterocycles. The van der Waals surface area contributed by atoms with E-state index >= 15 is 0 Å². The zero-order valence-electron chi connectivity index (χ0n) is 9.21. The smallest absolute Gasteiger partial charge is 0.275 e. The Kier molecular flexibility index (Phi) is 3.00. The van der Waals surface area contributed by atoms with Crippen LogP contribution in [0.2, 0.25) is 0 Å². The molecule has 0 saturated carbocycles. The molecule has 0 aliphatic rings. The average molecular weight is 229 g/mol. The number of phenolic OH excluding ortho intramolecular Hbond substituents is 1. The van der Waals surface area contributed by atoms with Crippen LogP contribution in [0.25, 0.3) is 0 Å². The van der Waals surface area contributed by atoms with Crippen LogP contribution < -0.4 is 5.32 Å². The Hall–Kier alpha value is -2.43. The highest BCUT2D eigenvalue weighted by Crippen LogP contribution is 2.24. The summed E-state index contributed by atoms with van der Waals surface area (Å²) in [4.78, 5) is 19.4. The second kappa shape index (κ2) is 4.61. The fourth-order valence-electron chi connectivity index (χ4n) is 1.35. The molecule has 1 heterocycles. The van der Waals surface area contributed by atoms with Crippen LogP contribution in [-0.4, -0.2) is 21.0 Å². The van der Waals surface area contributed by atoms with Gasteiger partial charge in [0.05, 0.1) is 11.9 Å². The summed E-state index contributed by atoms with van der Waals surface area (Å²) in [7, 11) is 0. The van der Waals surface area contributed by atoms with E-state index in [0.717, 1.165) is 5.56 Å². The Morgan fingerprint density at radius 1 is 1.35 bits per heavy atom. The van der Waals surface area contributed by atoms with Crippen molar-refractivity contribution in [3.8, 4) is 5.75 Å². The molecule has 0 fully saturated rings. The van der Waals surface area contributed by atoms with Gasteiger partial charge in [-0.1, -0.05) is 6.07 Å². The van der Waals surface area contributed by atoms with E-state index in [9.17, 15) is 9.90 Å². The fourth-order valence-corrected chi connectivity index (χ4v) is 1.35. The van der Waals surface area contributed by atoms with Crippen molar-refractivity contribution in [2.24, 2.45) is 0 Å². The third-order valence-electron chi connectivity index (χ3n) is 2.20. The Morgan fingerprint density at radius 2 is 2.18 bits per heavy atom. The van der Waals surface area contributed by atoms with E-state index in [1.165, 1.54) is 24.7 Å². The van der Waals surface area contributed by atoms with E-state index in [2.05, 4.69) is 15.3 Å². The van der Waals surface area contributed by atoms with Crippen molar-refractivity contribution >= 4 is 11.6 Å². The molecule has 1 amide bonds. The molecule has 5 heteroatoms. The second-order valence-corrected chi connectivity index (χ2v) is 3.57. The molecule has 0 bridgehead atoms. The minimum absolute atomic E-state index is 0.0211. The molecule has 1 aromatic carbocycles. The maximum Gasteiger partial charge on any atom is 0.275 e. The molecule has 17 heavy (non-hydrogen) atoms. The number of amides is 1. The normalized spacial score (nSPS) is 9.94. The van der Waals surface area contributed by atoms with Crippen molar-refractivity contribution in [2.75, 3.05) is 5.32 Å². The number of nitrogens with zero attached hydrogens (tertiary/aromatic N) is 2. The maximum absolute atomic E-state index is 11.8. The van der Waals surface area contributed by atoms with Gasteiger partial charge in [0.15, 0.2) is 0 Å². The van der Waals surface area contributed by atoms with Gasteiger partial charge in [0.2, 0.25) is 0 Å². The number of phenols is 1. The van der Waals surface area contributed by atoms with Crippen LogP contribution in [0.5, 0.6) is 5.75 Å². The van der Waals surface area contributed by atoms with Gasteiger partial charge in [0, 0.05) is 12.4 Å². The first-order chi connectivity index (χ1) is 8.16. The Morgan fingerprint density at radius 3 is 2.88 bits per heavy atom. The molecular weight excluding hydrogens is 218 g/mol. The summed E-state index contributed by atoms with van der Waals surface area (Å²) in [6, 6.07) is 4.97. The number of rotatable bonds is 2. The standard InChI is InChI=1S/C12H11N3O2/c1-8-2-3-11(16)9(6-8)15-12(17)10-7-13-4-5-14-10/h2-7,16H,1H3,(H,15,17). The molecule has 2 rings (SSSR count). The van der Waals surface area contributed by atoms with Crippen molar-refractivity contribution < 1.29 is 9.90 Å². The minimum Gasteiger partial charge on any atom is -0.506 e. The summed E-state index contributed by atoms with van der Waals surface area (Å²) in [5.41, 5.74) is 1.51.